The largest absolute Gasteiger partial charge is 0.487 e. The maximum absolute atomic E-state index is 12.8. The molecule has 1 aliphatic heterocycles. The molecule has 1 fully saturated rings. The number of benzene rings is 2. The summed E-state index contributed by atoms with van der Waals surface area (Å²) >= 11 is 6.30. The first kappa shape index (κ1) is 34.0. The number of anilines is 1. The number of halogens is 1. The highest BCUT2D eigenvalue weighted by Crippen LogP contribution is 2.41. The number of ether oxygens (including phenoxy) is 1. The van der Waals surface area contributed by atoms with E-state index in [4.69, 9.17) is 22.1 Å². The zero-order valence-corrected chi connectivity index (χ0v) is 26.7. The Morgan fingerprint density at radius 1 is 1.20 bits per heavy atom. The lowest BCUT2D eigenvalue weighted by molar-refractivity contribution is -0.138. The summed E-state index contributed by atoms with van der Waals surface area (Å²) in [5.74, 6) is -0.197. The van der Waals surface area contributed by atoms with Crippen LogP contribution in [0.15, 0.2) is 61.7 Å². The van der Waals surface area contributed by atoms with Crippen molar-refractivity contribution in [1.29, 1.82) is 0 Å². The molecule has 0 saturated heterocycles. The van der Waals surface area contributed by atoms with E-state index in [1.165, 1.54) is 0 Å². The maximum atomic E-state index is 12.8. The fourth-order valence-corrected chi connectivity index (χ4v) is 6.96. The third-order valence-electron chi connectivity index (χ3n) is 8.94. The summed E-state index contributed by atoms with van der Waals surface area (Å²) in [5.41, 5.74) is 6.48. The number of fused-ring (bicyclic) bond motifs is 2. The van der Waals surface area contributed by atoms with E-state index in [-0.39, 0.29) is 23.9 Å². The second-order valence-corrected chi connectivity index (χ2v) is 13.3. The molecule has 1 heterocycles. The maximum Gasteiger partial charge on any atom is 0.255 e. The van der Waals surface area contributed by atoms with Gasteiger partial charge >= 0.3 is 0 Å². The molecule has 1 amide bonds. The molecule has 0 bridgehead atoms. The van der Waals surface area contributed by atoms with Crippen LogP contribution >= 0.6 is 11.6 Å². The van der Waals surface area contributed by atoms with Gasteiger partial charge in [-0.1, -0.05) is 35.9 Å². The number of aliphatic hydroxyl groups is 2. The average molecular weight is 646 g/mol. The summed E-state index contributed by atoms with van der Waals surface area (Å²) in [6.07, 6.45) is 8.18. The highest BCUT2D eigenvalue weighted by Gasteiger charge is 2.40. The van der Waals surface area contributed by atoms with Crippen molar-refractivity contribution in [1.82, 2.24) is 4.31 Å². The van der Waals surface area contributed by atoms with Crippen molar-refractivity contribution in [3.05, 3.63) is 83.4 Å². The van der Waals surface area contributed by atoms with Crippen LogP contribution in [0.1, 0.15) is 55.2 Å². The molecule has 4 rings (SSSR count). The smallest absolute Gasteiger partial charge is 0.255 e. The zero-order valence-electron chi connectivity index (χ0n) is 25.1. The van der Waals surface area contributed by atoms with Crippen molar-refractivity contribution in [3.63, 3.8) is 0 Å². The summed E-state index contributed by atoms with van der Waals surface area (Å²) in [4.78, 5) is 15.0. The molecule has 9 nitrogen and oxygen atoms in total. The Balaban J connectivity index is 1.74. The number of carbonyl (C=O) groups excluding carboxylic acids is 1. The molecule has 2 aliphatic rings. The molecule has 240 valence electrons. The molecule has 1 saturated carbocycles. The van der Waals surface area contributed by atoms with Gasteiger partial charge in [0, 0.05) is 24.7 Å². The second kappa shape index (κ2) is 15.4. The molecule has 2 aromatic rings. The number of hydrogen-bond donors (Lipinski definition) is 4. The van der Waals surface area contributed by atoms with Crippen molar-refractivity contribution in [2.45, 2.75) is 63.3 Å². The average Bonchev–Trinajstić information content (AvgIpc) is 3.01. The number of aliphatic hydroxyl groups excluding tert-OH is 1. The summed E-state index contributed by atoms with van der Waals surface area (Å²) < 4.78 is 31.6. The second-order valence-electron chi connectivity index (χ2n) is 11.8. The number of allylic oxidation sites excluding steroid dienone is 1. The zero-order chi connectivity index (χ0) is 31.9. The lowest BCUT2D eigenvalue weighted by Gasteiger charge is -2.42. The van der Waals surface area contributed by atoms with Gasteiger partial charge in [0.2, 0.25) is 10.9 Å². The van der Waals surface area contributed by atoms with Crippen LogP contribution in [0.3, 0.4) is 0 Å². The van der Waals surface area contributed by atoms with Gasteiger partial charge in [-0.3, -0.25) is 4.79 Å². The quantitative estimate of drug-likeness (QED) is 0.146. The highest BCUT2D eigenvalue weighted by molar-refractivity contribution is 7.69. The molecule has 0 spiro atoms. The standard InChI is InChI=1S/C33H44ClN3O6S/c1-3-5-7-17-37(44(41)42)22-33(40,32(35)39)26-12-15-31-29(19-26)36(20-24-11-14-28(24)30(38)4-2)16-8-6-9-23-18-27(34)13-10-25(23)21-43-31/h3-4,10,12-13,15,18-19,24,28,30,38,40,44H,1-2,5-9,11,14,16-17,20-22H2,(H2,35,39)/t24-,28+,30-,33?/m0/s1. The van der Waals surface area contributed by atoms with Crippen LogP contribution in [0.2, 0.25) is 5.02 Å². The van der Waals surface area contributed by atoms with Crippen LogP contribution in [-0.4, -0.2) is 61.1 Å². The van der Waals surface area contributed by atoms with Crippen molar-refractivity contribution < 1.29 is 28.2 Å². The van der Waals surface area contributed by atoms with E-state index >= 15 is 0 Å². The molecule has 44 heavy (non-hydrogen) atoms. The molecule has 0 radical (unpaired) electrons. The van der Waals surface area contributed by atoms with Crippen molar-refractivity contribution in [2.24, 2.45) is 17.6 Å². The molecule has 1 aliphatic carbocycles. The Morgan fingerprint density at radius 2 is 2.00 bits per heavy atom. The van der Waals surface area contributed by atoms with Gasteiger partial charge in [-0.2, -0.15) is 0 Å². The lowest BCUT2D eigenvalue weighted by atomic mass is 9.70. The SMILES string of the molecule is C=CCCCN(CC(O)(C(N)=O)c1ccc2c(c1)N(C[C@@H]1CC[C@H]1[C@@H](O)C=C)CCCCc1cc(Cl)ccc1CO2)[SH](=O)=O. The Bertz CT molecular complexity index is 1410. The van der Waals surface area contributed by atoms with Gasteiger partial charge in [-0.25, -0.2) is 12.7 Å². The normalized spacial score (nSPS) is 20.7. The third-order valence-corrected chi connectivity index (χ3v) is 9.98. The van der Waals surface area contributed by atoms with Crippen LogP contribution in [0, 0.1) is 11.8 Å². The predicted octanol–water partition coefficient (Wildman–Crippen LogP) is 4.10. The van der Waals surface area contributed by atoms with E-state index in [1.807, 2.05) is 18.2 Å². The number of nitrogens with zero attached hydrogens (tertiary/aromatic N) is 2. The Hall–Kier alpha value is -2.89. The summed E-state index contributed by atoms with van der Waals surface area (Å²) in [7, 11) is -3.09. The van der Waals surface area contributed by atoms with Gasteiger partial charge in [0.05, 0.1) is 18.3 Å². The number of hydrogen-bond acceptors (Lipinski definition) is 7. The van der Waals surface area contributed by atoms with Gasteiger partial charge < -0.3 is 25.6 Å². The number of unbranched alkanes of at least 4 members (excludes halogenated alkanes) is 1. The third kappa shape index (κ3) is 8.03. The molecule has 0 aromatic heterocycles. The minimum Gasteiger partial charge on any atom is -0.487 e. The molecular formula is C33H44ClN3O6S. The van der Waals surface area contributed by atoms with E-state index in [2.05, 4.69) is 18.1 Å². The molecule has 4 atom stereocenters. The Morgan fingerprint density at radius 3 is 2.66 bits per heavy atom. The summed E-state index contributed by atoms with van der Waals surface area (Å²) in [5, 5.41) is 22.9. The van der Waals surface area contributed by atoms with E-state index in [0.29, 0.717) is 49.0 Å². The van der Waals surface area contributed by atoms with Crippen molar-refractivity contribution in [3.8, 4) is 5.75 Å². The van der Waals surface area contributed by atoms with E-state index in [1.54, 1.807) is 30.4 Å². The van der Waals surface area contributed by atoms with Gasteiger partial charge in [0.15, 0.2) is 5.60 Å². The van der Waals surface area contributed by atoms with Crippen LogP contribution in [0.4, 0.5) is 5.69 Å². The van der Waals surface area contributed by atoms with E-state index < -0.39 is 35.0 Å². The van der Waals surface area contributed by atoms with Gasteiger partial charge in [-0.05, 0) is 97.7 Å². The first-order valence-electron chi connectivity index (χ1n) is 15.2. The highest BCUT2D eigenvalue weighted by atomic mass is 35.5. The predicted molar refractivity (Wildman–Crippen MR) is 174 cm³/mol. The first-order chi connectivity index (χ1) is 21.1. The van der Waals surface area contributed by atoms with Crippen LogP contribution in [-0.2, 0) is 34.3 Å². The fraction of sp³-hybridized carbons (Fsp3) is 0.485. The number of rotatable bonds is 13. The van der Waals surface area contributed by atoms with Crippen LogP contribution < -0.4 is 15.4 Å². The number of amides is 1. The van der Waals surface area contributed by atoms with Crippen LogP contribution in [0.5, 0.6) is 5.75 Å². The number of primary amides is 1. The number of carbonyl (C=O) groups is 1. The fourth-order valence-electron chi connectivity index (χ4n) is 6.14. The summed E-state index contributed by atoms with van der Waals surface area (Å²) in [6, 6.07) is 10.7. The Kier molecular flexibility index (Phi) is 11.9. The van der Waals surface area contributed by atoms with Gasteiger partial charge in [0.25, 0.3) is 5.91 Å². The number of thiol groups is 1. The minimum absolute atomic E-state index is 0.0877. The van der Waals surface area contributed by atoms with Gasteiger partial charge in [-0.15, -0.1) is 13.2 Å². The Labute approximate surface area is 267 Å². The van der Waals surface area contributed by atoms with Crippen LogP contribution in [0.25, 0.3) is 0 Å². The monoisotopic (exact) mass is 645 g/mol. The van der Waals surface area contributed by atoms with Crippen molar-refractivity contribution >= 4 is 34.1 Å². The first-order valence-corrected chi connectivity index (χ1v) is 16.7. The topological polar surface area (TPSA) is 133 Å². The summed E-state index contributed by atoms with van der Waals surface area (Å²) in [6.45, 7) is 8.62. The molecular weight excluding hydrogens is 602 g/mol. The molecule has 11 heteroatoms. The number of nitrogens with two attached hydrogens (primary N) is 1. The minimum atomic E-state index is -3.09. The van der Waals surface area contributed by atoms with E-state index in [0.717, 1.165) is 47.5 Å². The van der Waals surface area contributed by atoms with Gasteiger partial charge in [0.1, 0.15) is 12.4 Å². The van der Waals surface area contributed by atoms with E-state index in [9.17, 15) is 23.4 Å². The lowest BCUT2D eigenvalue weighted by Crippen LogP contribution is -2.50. The molecule has 1 unspecified atom stereocenters. The van der Waals surface area contributed by atoms with Crippen molar-refractivity contribution in [2.75, 3.05) is 31.1 Å². The molecule has 2 aromatic carbocycles. The molecule has 4 N–H and O–H groups in total. The number of aryl methyl sites for hydroxylation is 1.